The molecule has 0 aliphatic heterocycles. The average Bonchev–Trinajstić information content (AvgIpc) is 2.56. The second-order valence-corrected chi connectivity index (χ2v) is 4.73. The number of benzene rings is 2. The molecule has 7 nitrogen and oxygen atoms in total. The number of para-hydroxylation sites is 2. The van der Waals surface area contributed by atoms with Crippen molar-refractivity contribution in [3.05, 3.63) is 70.3 Å². The van der Waals surface area contributed by atoms with Crippen molar-refractivity contribution in [3.63, 3.8) is 0 Å². The van der Waals surface area contributed by atoms with Crippen LogP contribution in [0.25, 0.3) is 10.9 Å². The fourth-order valence-electron chi connectivity index (χ4n) is 2.10. The van der Waals surface area contributed by atoms with Gasteiger partial charge in [0, 0.05) is 17.0 Å². The minimum absolute atomic E-state index is 0.243. The van der Waals surface area contributed by atoms with E-state index in [-0.39, 0.29) is 11.3 Å². The van der Waals surface area contributed by atoms with Crippen molar-refractivity contribution < 1.29 is 10.0 Å². The molecule has 1 heterocycles. The largest absolute Gasteiger partial charge is 0.502 e. The molecule has 114 valence electrons. The van der Waals surface area contributed by atoms with Crippen molar-refractivity contribution >= 4 is 28.6 Å². The summed E-state index contributed by atoms with van der Waals surface area (Å²) in [7, 11) is 0. The molecule has 3 rings (SSSR count). The van der Waals surface area contributed by atoms with E-state index in [1.165, 1.54) is 24.4 Å². The van der Waals surface area contributed by atoms with Gasteiger partial charge in [-0.3, -0.25) is 15.5 Å². The lowest BCUT2D eigenvalue weighted by Gasteiger charge is -2.02. The normalized spacial score (nSPS) is 11.0. The summed E-state index contributed by atoms with van der Waals surface area (Å²) in [5, 5.41) is 25.6. The van der Waals surface area contributed by atoms with Crippen molar-refractivity contribution in [2.24, 2.45) is 5.10 Å². The lowest BCUT2D eigenvalue weighted by molar-refractivity contribution is -0.385. The number of pyridine rings is 1. The minimum atomic E-state index is -0.648. The van der Waals surface area contributed by atoms with Gasteiger partial charge in [-0.2, -0.15) is 5.10 Å². The number of aromatic hydroxyl groups is 1. The van der Waals surface area contributed by atoms with Gasteiger partial charge >= 0.3 is 5.69 Å². The summed E-state index contributed by atoms with van der Waals surface area (Å²) in [4.78, 5) is 14.5. The number of hydrogen-bond acceptors (Lipinski definition) is 6. The van der Waals surface area contributed by atoms with Gasteiger partial charge in [-0.15, -0.1) is 0 Å². The average molecular weight is 308 g/mol. The fourth-order valence-corrected chi connectivity index (χ4v) is 2.10. The summed E-state index contributed by atoms with van der Waals surface area (Å²) in [6.07, 6.45) is 1.30. The first kappa shape index (κ1) is 14.5. The summed E-state index contributed by atoms with van der Waals surface area (Å²) < 4.78 is 0. The van der Waals surface area contributed by atoms with Crippen LogP contribution in [0, 0.1) is 10.1 Å². The third-order valence-electron chi connectivity index (χ3n) is 3.22. The molecule has 0 amide bonds. The number of rotatable bonds is 4. The number of phenols is 1. The van der Waals surface area contributed by atoms with E-state index in [2.05, 4.69) is 15.5 Å². The number of nitro groups is 1. The molecule has 7 heteroatoms. The smallest absolute Gasteiger partial charge is 0.311 e. The number of nitro benzene ring substituents is 1. The van der Waals surface area contributed by atoms with Crippen LogP contribution < -0.4 is 5.43 Å². The molecule has 0 aliphatic rings. The van der Waals surface area contributed by atoms with Gasteiger partial charge in [0.25, 0.3) is 0 Å². The number of nitrogens with one attached hydrogen (secondary N) is 1. The van der Waals surface area contributed by atoms with Gasteiger partial charge < -0.3 is 5.11 Å². The number of nitrogens with zero attached hydrogens (tertiary/aromatic N) is 3. The highest BCUT2D eigenvalue weighted by Gasteiger charge is 2.14. The van der Waals surface area contributed by atoms with Crippen LogP contribution in [0.3, 0.4) is 0 Å². The van der Waals surface area contributed by atoms with Crippen LogP contribution in [0.5, 0.6) is 5.75 Å². The van der Waals surface area contributed by atoms with Crippen LogP contribution in [-0.2, 0) is 0 Å². The summed E-state index contributed by atoms with van der Waals surface area (Å²) in [5.41, 5.74) is 3.44. The van der Waals surface area contributed by atoms with Crippen LogP contribution in [-0.4, -0.2) is 21.2 Å². The van der Waals surface area contributed by atoms with E-state index in [1.807, 2.05) is 30.3 Å². The molecule has 2 N–H and O–H groups in total. The zero-order valence-electron chi connectivity index (χ0n) is 11.9. The topological polar surface area (TPSA) is 101 Å². The quantitative estimate of drug-likeness (QED) is 0.437. The van der Waals surface area contributed by atoms with Gasteiger partial charge in [0.2, 0.25) is 5.75 Å². The van der Waals surface area contributed by atoms with Gasteiger partial charge in [-0.1, -0.05) is 24.3 Å². The molecule has 2 aromatic carbocycles. The van der Waals surface area contributed by atoms with Gasteiger partial charge in [-0.05, 0) is 24.3 Å². The molecular formula is C16H12N4O3. The monoisotopic (exact) mass is 308 g/mol. The Kier molecular flexibility index (Phi) is 3.84. The second kappa shape index (κ2) is 6.10. The first-order chi connectivity index (χ1) is 11.1. The van der Waals surface area contributed by atoms with Gasteiger partial charge in [0.1, 0.15) is 5.82 Å². The Morgan fingerprint density at radius 2 is 1.96 bits per heavy atom. The van der Waals surface area contributed by atoms with E-state index < -0.39 is 10.7 Å². The van der Waals surface area contributed by atoms with E-state index in [4.69, 9.17) is 0 Å². The number of anilines is 1. The Bertz CT molecular complexity index is 909. The van der Waals surface area contributed by atoms with Crippen molar-refractivity contribution in [3.8, 4) is 5.75 Å². The number of fused-ring (bicyclic) bond motifs is 1. The number of aromatic nitrogens is 1. The summed E-state index contributed by atoms with van der Waals surface area (Å²) in [5.74, 6) is 0.111. The number of phenolic OH excluding ortho intramolecular Hbond substituents is 1. The molecule has 0 saturated carbocycles. The van der Waals surface area contributed by atoms with E-state index in [1.54, 1.807) is 6.07 Å². The molecule has 3 aromatic rings. The van der Waals surface area contributed by atoms with Gasteiger partial charge in [-0.25, -0.2) is 4.98 Å². The maximum Gasteiger partial charge on any atom is 0.311 e. The Balaban J connectivity index is 1.80. The van der Waals surface area contributed by atoms with Crippen LogP contribution >= 0.6 is 0 Å². The van der Waals surface area contributed by atoms with Crippen molar-refractivity contribution in [1.82, 2.24) is 4.98 Å². The standard InChI is InChI=1S/C16H12N4O3/c21-16-12(5-3-7-14(16)20(22)23)10-17-19-15-9-8-11-4-1-2-6-13(11)18-15/h1-10,21H,(H,18,19)/b17-10-. The molecule has 1 aromatic heterocycles. The highest BCUT2D eigenvalue weighted by atomic mass is 16.6. The molecule has 0 radical (unpaired) electrons. The maximum atomic E-state index is 10.8. The Hall–Kier alpha value is -3.48. The van der Waals surface area contributed by atoms with E-state index >= 15 is 0 Å². The van der Waals surface area contributed by atoms with Crippen LogP contribution in [0.15, 0.2) is 59.7 Å². The fraction of sp³-hybridized carbons (Fsp3) is 0. The van der Waals surface area contributed by atoms with E-state index in [0.717, 1.165) is 10.9 Å². The summed E-state index contributed by atoms with van der Waals surface area (Å²) >= 11 is 0. The SMILES string of the molecule is O=[N+]([O-])c1cccc(/C=N\Nc2ccc3ccccc3n2)c1O. The summed E-state index contributed by atoms with van der Waals surface area (Å²) in [6.45, 7) is 0. The van der Waals surface area contributed by atoms with Crippen LogP contribution in [0.1, 0.15) is 5.56 Å². The van der Waals surface area contributed by atoms with Gasteiger partial charge in [0.15, 0.2) is 0 Å². The maximum absolute atomic E-state index is 10.8. The molecule has 0 fully saturated rings. The molecule has 0 unspecified atom stereocenters. The highest BCUT2D eigenvalue weighted by molar-refractivity contribution is 5.86. The lowest BCUT2D eigenvalue weighted by Crippen LogP contribution is -1.95. The van der Waals surface area contributed by atoms with E-state index in [0.29, 0.717) is 5.82 Å². The van der Waals surface area contributed by atoms with E-state index in [9.17, 15) is 15.2 Å². The van der Waals surface area contributed by atoms with Crippen LogP contribution in [0.4, 0.5) is 11.5 Å². The molecular weight excluding hydrogens is 296 g/mol. The predicted octanol–water partition coefficient (Wildman–Crippen LogP) is 3.29. The zero-order valence-corrected chi connectivity index (χ0v) is 11.9. The Morgan fingerprint density at radius 1 is 1.13 bits per heavy atom. The predicted molar refractivity (Wildman–Crippen MR) is 87.7 cm³/mol. The zero-order chi connectivity index (χ0) is 16.2. The second-order valence-electron chi connectivity index (χ2n) is 4.73. The Morgan fingerprint density at radius 3 is 2.78 bits per heavy atom. The molecule has 0 spiro atoms. The van der Waals surface area contributed by atoms with Crippen molar-refractivity contribution in [2.75, 3.05) is 5.43 Å². The number of hydrogen-bond donors (Lipinski definition) is 2. The Labute approximate surface area is 131 Å². The molecule has 0 saturated heterocycles. The first-order valence-corrected chi connectivity index (χ1v) is 6.76. The molecule has 0 aliphatic carbocycles. The van der Waals surface area contributed by atoms with Crippen LogP contribution in [0.2, 0.25) is 0 Å². The first-order valence-electron chi connectivity index (χ1n) is 6.76. The molecule has 0 atom stereocenters. The number of hydrazone groups is 1. The molecule has 23 heavy (non-hydrogen) atoms. The van der Waals surface area contributed by atoms with Gasteiger partial charge in [0.05, 0.1) is 16.7 Å². The minimum Gasteiger partial charge on any atom is -0.502 e. The highest BCUT2D eigenvalue weighted by Crippen LogP contribution is 2.28. The molecule has 0 bridgehead atoms. The van der Waals surface area contributed by atoms with Crippen molar-refractivity contribution in [2.45, 2.75) is 0 Å². The summed E-state index contributed by atoms with van der Waals surface area (Å²) in [6, 6.07) is 15.6. The lowest BCUT2D eigenvalue weighted by atomic mass is 10.2. The third kappa shape index (κ3) is 3.08. The third-order valence-corrected chi connectivity index (χ3v) is 3.22. The van der Waals surface area contributed by atoms with Crippen molar-refractivity contribution in [1.29, 1.82) is 0 Å².